The summed E-state index contributed by atoms with van der Waals surface area (Å²) in [6.45, 7) is 7.98. The fraction of sp³-hybridized carbons (Fsp3) is 0.769. The lowest BCUT2D eigenvalue weighted by molar-refractivity contribution is 0.207. The van der Waals surface area contributed by atoms with Crippen molar-refractivity contribution in [3.05, 3.63) is 11.4 Å². The first kappa shape index (κ1) is 14.9. The molecule has 108 valence electrons. The maximum absolute atomic E-state index is 11.6. The molecular formula is C13H21ClN2O2S. The molecule has 0 N–H and O–H groups in total. The standard InChI is InChI=1S/C13H21ClN2O2S/c1-8-5-9(2)7-12(6-8)16-11(4)13(10(3)15-16)19(14,17)18/h8-9,12H,5-7H2,1-4H3. The van der Waals surface area contributed by atoms with Gasteiger partial charge in [0.05, 0.1) is 17.4 Å². The van der Waals surface area contributed by atoms with Crippen LogP contribution in [0.3, 0.4) is 0 Å². The minimum atomic E-state index is -3.72. The molecule has 1 saturated carbocycles. The molecule has 0 aliphatic heterocycles. The predicted molar refractivity (Wildman–Crippen MR) is 76.0 cm³/mol. The summed E-state index contributed by atoms with van der Waals surface area (Å²) in [6.07, 6.45) is 3.33. The third kappa shape index (κ3) is 2.97. The molecule has 4 nitrogen and oxygen atoms in total. The summed E-state index contributed by atoms with van der Waals surface area (Å²) in [5, 5.41) is 4.42. The Balaban J connectivity index is 2.42. The first-order valence-corrected chi connectivity index (χ1v) is 9.01. The molecule has 0 saturated heterocycles. The van der Waals surface area contributed by atoms with Gasteiger partial charge < -0.3 is 0 Å². The highest BCUT2D eigenvalue weighted by Gasteiger charge is 2.30. The van der Waals surface area contributed by atoms with E-state index < -0.39 is 9.05 Å². The summed E-state index contributed by atoms with van der Waals surface area (Å²) in [6, 6.07) is 0.282. The molecule has 1 aliphatic carbocycles. The third-order valence-electron chi connectivity index (χ3n) is 4.00. The van der Waals surface area contributed by atoms with Gasteiger partial charge in [-0.25, -0.2) is 8.42 Å². The third-order valence-corrected chi connectivity index (χ3v) is 5.54. The van der Waals surface area contributed by atoms with Crippen LogP contribution in [0.2, 0.25) is 0 Å². The Morgan fingerprint density at radius 2 is 1.68 bits per heavy atom. The molecule has 6 heteroatoms. The Morgan fingerprint density at radius 3 is 2.11 bits per heavy atom. The average Bonchev–Trinajstić information content (AvgIpc) is 2.51. The lowest BCUT2D eigenvalue weighted by atomic mass is 9.80. The van der Waals surface area contributed by atoms with Crippen LogP contribution in [0.15, 0.2) is 4.90 Å². The molecule has 1 aliphatic rings. The lowest BCUT2D eigenvalue weighted by Crippen LogP contribution is -2.24. The zero-order valence-electron chi connectivity index (χ0n) is 11.9. The van der Waals surface area contributed by atoms with E-state index >= 15 is 0 Å². The fourth-order valence-corrected chi connectivity index (χ4v) is 4.97. The van der Waals surface area contributed by atoms with Crippen LogP contribution in [-0.2, 0) is 9.05 Å². The van der Waals surface area contributed by atoms with Crippen molar-refractivity contribution in [2.24, 2.45) is 11.8 Å². The van der Waals surface area contributed by atoms with Crippen molar-refractivity contribution in [1.29, 1.82) is 0 Å². The molecule has 0 radical (unpaired) electrons. The van der Waals surface area contributed by atoms with Crippen molar-refractivity contribution < 1.29 is 8.42 Å². The molecular weight excluding hydrogens is 284 g/mol. The summed E-state index contributed by atoms with van der Waals surface area (Å²) < 4.78 is 25.1. The second-order valence-corrected chi connectivity index (χ2v) is 8.46. The van der Waals surface area contributed by atoms with Crippen LogP contribution < -0.4 is 0 Å². The summed E-state index contributed by atoms with van der Waals surface area (Å²) in [5.74, 6) is 1.29. The Hall–Kier alpha value is -0.550. The maximum Gasteiger partial charge on any atom is 0.264 e. The van der Waals surface area contributed by atoms with Crippen molar-refractivity contribution in [1.82, 2.24) is 9.78 Å². The van der Waals surface area contributed by atoms with Gasteiger partial charge in [0.25, 0.3) is 9.05 Å². The maximum atomic E-state index is 11.6. The minimum absolute atomic E-state index is 0.181. The molecule has 1 heterocycles. The van der Waals surface area contributed by atoms with E-state index in [-0.39, 0.29) is 10.9 Å². The minimum Gasteiger partial charge on any atom is -0.265 e. The molecule has 2 rings (SSSR count). The van der Waals surface area contributed by atoms with Crippen LogP contribution in [0.1, 0.15) is 50.5 Å². The second-order valence-electron chi connectivity index (χ2n) is 5.95. The van der Waals surface area contributed by atoms with Crippen LogP contribution in [0.4, 0.5) is 0 Å². The van der Waals surface area contributed by atoms with Crippen molar-refractivity contribution in [3.63, 3.8) is 0 Å². The first-order chi connectivity index (χ1) is 8.70. The Morgan fingerprint density at radius 1 is 1.16 bits per heavy atom. The molecule has 0 aromatic carbocycles. The molecule has 2 unspecified atom stereocenters. The number of halogens is 1. The highest BCUT2D eigenvalue weighted by atomic mass is 35.7. The summed E-state index contributed by atoms with van der Waals surface area (Å²) >= 11 is 0. The van der Waals surface area contributed by atoms with Gasteiger partial charge in [0.15, 0.2) is 0 Å². The molecule has 0 amide bonds. The van der Waals surface area contributed by atoms with Gasteiger partial charge in [-0.05, 0) is 44.9 Å². The van der Waals surface area contributed by atoms with Crippen molar-refractivity contribution in [3.8, 4) is 0 Å². The van der Waals surface area contributed by atoms with E-state index in [1.54, 1.807) is 13.8 Å². The number of aryl methyl sites for hydroxylation is 1. The lowest BCUT2D eigenvalue weighted by Gasteiger charge is -2.32. The summed E-state index contributed by atoms with van der Waals surface area (Å²) in [5.41, 5.74) is 1.16. The van der Waals surface area contributed by atoms with Gasteiger partial charge in [0, 0.05) is 10.7 Å². The molecule has 1 aromatic heterocycles. The molecule has 2 atom stereocenters. The summed E-state index contributed by atoms with van der Waals surface area (Å²) in [4.78, 5) is 0.181. The molecule has 1 aromatic rings. The zero-order chi connectivity index (χ0) is 14.4. The number of aromatic nitrogens is 2. The van der Waals surface area contributed by atoms with Gasteiger partial charge in [0.2, 0.25) is 0 Å². The molecule has 0 spiro atoms. The average molecular weight is 305 g/mol. The summed E-state index contributed by atoms with van der Waals surface area (Å²) in [7, 11) is 1.78. The monoisotopic (exact) mass is 304 g/mol. The van der Waals surface area contributed by atoms with E-state index in [9.17, 15) is 8.42 Å². The van der Waals surface area contributed by atoms with Crippen LogP contribution in [0.5, 0.6) is 0 Å². The van der Waals surface area contributed by atoms with Crippen LogP contribution in [-0.4, -0.2) is 18.2 Å². The first-order valence-electron chi connectivity index (χ1n) is 6.70. The molecule has 0 bridgehead atoms. The van der Waals surface area contributed by atoms with Crippen LogP contribution in [0.25, 0.3) is 0 Å². The predicted octanol–water partition coefficient (Wildman–Crippen LogP) is 3.42. The highest BCUT2D eigenvalue weighted by molar-refractivity contribution is 8.13. The van der Waals surface area contributed by atoms with E-state index in [1.165, 1.54) is 6.42 Å². The highest BCUT2D eigenvalue weighted by Crippen LogP contribution is 2.37. The smallest absolute Gasteiger partial charge is 0.264 e. The topological polar surface area (TPSA) is 52.0 Å². The van der Waals surface area contributed by atoms with E-state index in [1.807, 2.05) is 4.68 Å². The van der Waals surface area contributed by atoms with Gasteiger partial charge >= 0.3 is 0 Å². The van der Waals surface area contributed by atoms with Crippen LogP contribution >= 0.6 is 10.7 Å². The zero-order valence-corrected chi connectivity index (χ0v) is 13.4. The number of hydrogen-bond donors (Lipinski definition) is 0. The van der Waals surface area contributed by atoms with E-state index in [0.717, 1.165) is 12.8 Å². The van der Waals surface area contributed by atoms with Gasteiger partial charge in [-0.2, -0.15) is 5.10 Å². The van der Waals surface area contributed by atoms with E-state index in [2.05, 4.69) is 18.9 Å². The second kappa shape index (κ2) is 5.09. The molecule has 1 fully saturated rings. The van der Waals surface area contributed by atoms with E-state index in [4.69, 9.17) is 10.7 Å². The number of nitrogens with zero attached hydrogens (tertiary/aromatic N) is 2. The van der Waals surface area contributed by atoms with Gasteiger partial charge in [-0.15, -0.1) is 0 Å². The van der Waals surface area contributed by atoms with E-state index in [0.29, 0.717) is 23.2 Å². The van der Waals surface area contributed by atoms with Gasteiger partial charge in [0.1, 0.15) is 4.90 Å². The largest absolute Gasteiger partial charge is 0.265 e. The number of rotatable bonds is 2. The quantitative estimate of drug-likeness (QED) is 0.787. The van der Waals surface area contributed by atoms with Gasteiger partial charge in [-0.1, -0.05) is 13.8 Å². The molecule has 19 heavy (non-hydrogen) atoms. The van der Waals surface area contributed by atoms with Crippen molar-refractivity contribution in [2.45, 2.75) is 57.9 Å². The number of hydrogen-bond acceptors (Lipinski definition) is 3. The van der Waals surface area contributed by atoms with Crippen LogP contribution in [0, 0.1) is 25.7 Å². The van der Waals surface area contributed by atoms with Crippen molar-refractivity contribution in [2.75, 3.05) is 0 Å². The van der Waals surface area contributed by atoms with Gasteiger partial charge in [-0.3, -0.25) is 4.68 Å². The SMILES string of the molecule is Cc1nn(C2CC(C)CC(C)C2)c(C)c1S(=O)(=O)Cl. The Labute approximate surface area is 119 Å². The van der Waals surface area contributed by atoms with Crippen molar-refractivity contribution >= 4 is 19.7 Å². The normalized spacial score (nSPS) is 28.6. The fourth-order valence-electron chi connectivity index (χ4n) is 3.46. The Kier molecular flexibility index (Phi) is 3.98. The Bertz CT molecular complexity index is 570.